The van der Waals surface area contributed by atoms with Crippen molar-refractivity contribution in [2.24, 2.45) is 5.73 Å². The second-order valence-electron chi connectivity index (χ2n) is 3.16. The van der Waals surface area contributed by atoms with Crippen LogP contribution in [0.15, 0.2) is 18.3 Å². The molecule has 0 aromatic carbocycles. The van der Waals surface area contributed by atoms with E-state index in [2.05, 4.69) is 4.98 Å². The van der Waals surface area contributed by atoms with Crippen LogP contribution in [0.5, 0.6) is 0 Å². The van der Waals surface area contributed by atoms with Gasteiger partial charge in [-0.3, -0.25) is 10.4 Å². The second-order valence-corrected chi connectivity index (χ2v) is 3.16. The van der Waals surface area contributed by atoms with Crippen LogP contribution in [0.4, 0.5) is 0 Å². The number of hydrogen-bond donors (Lipinski definition) is 2. The Morgan fingerprint density at radius 3 is 2.77 bits per heavy atom. The largest absolute Gasteiger partial charge is 0.382 e. The van der Waals surface area contributed by atoms with Gasteiger partial charge in [0.2, 0.25) is 0 Å². The van der Waals surface area contributed by atoms with E-state index in [9.17, 15) is 0 Å². The minimum absolute atomic E-state index is 0. The molecule has 0 spiro atoms. The second kappa shape index (κ2) is 3.75. The average molecular weight is 198 g/mol. The van der Waals surface area contributed by atoms with Crippen LogP contribution >= 0.6 is 12.4 Å². The van der Waals surface area contributed by atoms with Crippen molar-refractivity contribution in [1.82, 2.24) is 4.98 Å². The van der Waals surface area contributed by atoms with Gasteiger partial charge < -0.3 is 5.73 Å². The van der Waals surface area contributed by atoms with Crippen LogP contribution in [0.1, 0.15) is 30.0 Å². The average Bonchev–Trinajstić information content (AvgIpc) is 2.87. The van der Waals surface area contributed by atoms with Crippen molar-refractivity contribution in [2.75, 3.05) is 0 Å². The number of nitrogens with two attached hydrogens (primary N) is 1. The summed E-state index contributed by atoms with van der Waals surface area (Å²) in [5, 5.41) is 7.21. The number of hydrogen-bond acceptors (Lipinski definition) is 2. The molecule has 0 aliphatic heterocycles. The molecule has 3 nitrogen and oxygen atoms in total. The molecule has 1 fully saturated rings. The summed E-state index contributed by atoms with van der Waals surface area (Å²) in [7, 11) is 0. The highest BCUT2D eigenvalue weighted by atomic mass is 35.5. The number of halogens is 1. The topological polar surface area (TPSA) is 62.8 Å². The zero-order valence-electron chi connectivity index (χ0n) is 7.16. The lowest BCUT2D eigenvalue weighted by molar-refractivity contribution is 1.10. The van der Waals surface area contributed by atoms with Gasteiger partial charge in [-0.05, 0) is 36.5 Å². The zero-order chi connectivity index (χ0) is 8.55. The maximum absolute atomic E-state index is 7.21. The van der Waals surface area contributed by atoms with E-state index in [1.165, 1.54) is 18.4 Å². The number of aromatic nitrogens is 1. The van der Waals surface area contributed by atoms with Crippen LogP contribution in [0.25, 0.3) is 0 Å². The lowest BCUT2D eigenvalue weighted by atomic mass is 10.1. The summed E-state index contributed by atoms with van der Waals surface area (Å²) in [5.41, 5.74) is 7.19. The van der Waals surface area contributed by atoms with Gasteiger partial charge in [-0.2, -0.15) is 0 Å². The molecular weight excluding hydrogens is 186 g/mol. The molecule has 0 amide bonds. The number of pyridine rings is 1. The van der Waals surface area contributed by atoms with Gasteiger partial charge in [-0.15, -0.1) is 12.4 Å². The third-order valence-corrected chi connectivity index (χ3v) is 2.11. The molecule has 0 bridgehead atoms. The fourth-order valence-electron chi connectivity index (χ4n) is 1.26. The lowest BCUT2D eigenvalue weighted by Gasteiger charge is -2.00. The molecular formula is C9H12ClN3. The number of amidine groups is 1. The SMILES string of the molecule is Cl.N=C(N)c1cc(C2CC2)ccn1. The minimum atomic E-state index is 0. The summed E-state index contributed by atoms with van der Waals surface area (Å²) in [5.74, 6) is 0.753. The Morgan fingerprint density at radius 1 is 1.54 bits per heavy atom. The molecule has 1 aliphatic rings. The van der Waals surface area contributed by atoms with Crippen molar-refractivity contribution in [2.45, 2.75) is 18.8 Å². The van der Waals surface area contributed by atoms with E-state index >= 15 is 0 Å². The first-order valence-corrected chi connectivity index (χ1v) is 4.08. The molecule has 1 aromatic heterocycles. The van der Waals surface area contributed by atoms with Gasteiger partial charge in [-0.1, -0.05) is 0 Å². The van der Waals surface area contributed by atoms with E-state index in [-0.39, 0.29) is 18.2 Å². The van der Waals surface area contributed by atoms with Crippen LogP contribution in [-0.4, -0.2) is 10.8 Å². The van der Waals surface area contributed by atoms with Crippen LogP contribution < -0.4 is 5.73 Å². The van der Waals surface area contributed by atoms with Crippen LogP contribution in [-0.2, 0) is 0 Å². The predicted octanol–water partition coefficient (Wildman–Crippen LogP) is 1.66. The first-order chi connectivity index (χ1) is 5.77. The molecule has 1 aromatic rings. The van der Waals surface area contributed by atoms with Crippen LogP contribution in [0, 0.1) is 5.41 Å². The summed E-state index contributed by atoms with van der Waals surface area (Å²) >= 11 is 0. The molecule has 1 heterocycles. The Morgan fingerprint density at radius 2 is 2.23 bits per heavy atom. The van der Waals surface area contributed by atoms with Gasteiger partial charge in [0, 0.05) is 6.20 Å². The smallest absolute Gasteiger partial charge is 0.141 e. The molecule has 0 radical (unpaired) electrons. The van der Waals surface area contributed by atoms with Gasteiger partial charge in [0.05, 0.1) is 0 Å². The third kappa shape index (κ3) is 2.18. The minimum Gasteiger partial charge on any atom is -0.382 e. The molecule has 2 rings (SSSR count). The molecule has 3 N–H and O–H groups in total. The van der Waals surface area contributed by atoms with Gasteiger partial charge in [0.1, 0.15) is 11.5 Å². The highest BCUT2D eigenvalue weighted by Crippen LogP contribution is 2.39. The Bertz CT molecular complexity index is 320. The maximum atomic E-state index is 7.21. The highest BCUT2D eigenvalue weighted by Gasteiger charge is 2.23. The van der Waals surface area contributed by atoms with E-state index in [1.54, 1.807) is 6.20 Å². The summed E-state index contributed by atoms with van der Waals surface area (Å²) in [6.45, 7) is 0. The quantitative estimate of drug-likeness (QED) is 0.560. The Balaban J connectivity index is 0.000000845. The molecule has 0 unspecified atom stereocenters. The molecule has 1 aliphatic carbocycles. The molecule has 70 valence electrons. The summed E-state index contributed by atoms with van der Waals surface area (Å²) < 4.78 is 0. The van der Waals surface area contributed by atoms with Gasteiger partial charge >= 0.3 is 0 Å². The molecule has 13 heavy (non-hydrogen) atoms. The van der Waals surface area contributed by atoms with Gasteiger partial charge in [0.15, 0.2) is 0 Å². The summed E-state index contributed by atoms with van der Waals surface area (Å²) in [6.07, 6.45) is 4.26. The van der Waals surface area contributed by atoms with Crippen molar-refractivity contribution >= 4 is 18.2 Å². The molecule has 0 saturated heterocycles. The zero-order valence-corrected chi connectivity index (χ0v) is 7.97. The first-order valence-electron chi connectivity index (χ1n) is 4.08. The summed E-state index contributed by atoms with van der Waals surface area (Å²) in [6, 6.07) is 3.92. The molecule has 1 saturated carbocycles. The van der Waals surface area contributed by atoms with E-state index < -0.39 is 0 Å². The van der Waals surface area contributed by atoms with E-state index in [0.29, 0.717) is 11.6 Å². The van der Waals surface area contributed by atoms with Crippen LogP contribution in [0.2, 0.25) is 0 Å². The highest BCUT2D eigenvalue weighted by molar-refractivity contribution is 5.93. The van der Waals surface area contributed by atoms with E-state index in [0.717, 1.165) is 0 Å². The van der Waals surface area contributed by atoms with Gasteiger partial charge in [-0.25, -0.2) is 0 Å². The predicted molar refractivity (Wildman–Crippen MR) is 54.5 cm³/mol. The van der Waals surface area contributed by atoms with Crippen LogP contribution in [0.3, 0.4) is 0 Å². The fraction of sp³-hybridized carbons (Fsp3) is 0.333. The monoisotopic (exact) mass is 197 g/mol. The number of nitrogens with one attached hydrogen (secondary N) is 1. The Labute approximate surface area is 83.3 Å². The fourth-order valence-corrected chi connectivity index (χ4v) is 1.26. The van der Waals surface area contributed by atoms with Crippen molar-refractivity contribution in [3.8, 4) is 0 Å². The lowest BCUT2D eigenvalue weighted by Crippen LogP contribution is -2.13. The normalized spacial score (nSPS) is 14.8. The van der Waals surface area contributed by atoms with Crippen molar-refractivity contribution in [3.05, 3.63) is 29.6 Å². The van der Waals surface area contributed by atoms with Crippen molar-refractivity contribution in [3.63, 3.8) is 0 Å². The number of nitrogens with zero attached hydrogens (tertiary/aromatic N) is 1. The van der Waals surface area contributed by atoms with Crippen molar-refractivity contribution < 1.29 is 0 Å². The Hall–Kier alpha value is -1.09. The standard InChI is InChI=1S/C9H11N3.ClH/c10-9(11)8-5-7(3-4-12-8)6-1-2-6;/h3-6H,1-2H2,(H3,10,11);1H. The maximum Gasteiger partial charge on any atom is 0.141 e. The molecule has 0 atom stereocenters. The number of nitrogen functional groups attached to an aromatic ring is 1. The van der Waals surface area contributed by atoms with E-state index in [1.807, 2.05) is 12.1 Å². The molecule has 4 heteroatoms. The number of rotatable bonds is 2. The Kier molecular flexibility index (Phi) is 2.88. The summed E-state index contributed by atoms with van der Waals surface area (Å²) in [4.78, 5) is 4.00. The third-order valence-electron chi connectivity index (χ3n) is 2.11. The van der Waals surface area contributed by atoms with Crippen molar-refractivity contribution in [1.29, 1.82) is 5.41 Å². The van der Waals surface area contributed by atoms with Gasteiger partial charge in [0.25, 0.3) is 0 Å². The first kappa shape index (κ1) is 9.99. The van der Waals surface area contributed by atoms with E-state index in [4.69, 9.17) is 11.1 Å².